The van der Waals surface area contributed by atoms with Gasteiger partial charge in [0.25, 0.3) is 0 Å². The van der Waals surface area contributed by atoms with Crippen LogP contribution in [0.25, 0.3) is 5.57 Å². The van der Waals surface area contributed by atoms with E-state index in [-0.39, 0.29) is 5.57 Å². The van der Waals surface area contributed by atoms with Crippen LogP contribution in [0.2, 0.25) is 0 Å². The van der Waals surface area contributed by atoms with Gasteiger partial charge in [0.2, 0.25) is 0 Å². The predicted molar refractivity (Wildman–Crippen MR) is 53.8 cm³/mol. The summed E-state index contributed by atoms with van der Waals surface area (Å²) in [7, 11) is 1.43. The summed E-state index contributed by atoms with van der Waals surface area (Å²) in [5, 5.41) is 8.88. The maximum absolute atomic E-state index is 10.8. The van der Waals surface area contributed by atoms with E-state index in [1.165, 1.54) is 13.4 Å². The van der Waals surface area contributed by atoms with Crippen molar-refractivity contribution in [2.45, 2.75) is 6.92 Å². The average molecular weight is 192 g/mol. The molecule has 1 rings (SSSR count). The molecule has 0 radical (unpaired) electrons. The molecular formula is C11H12O3. The van der Waals surface area contributed by atoms with Gasteiger partial charge in [0, 0.05) is 0 Å². The molecule has 74 valence electrons. The van der Waals surface area contributed by atoms with Crippen LogP contribution in [0.3, 0.4) is 0 Å². The largest absolute Gasteiger partial charge is 0.503 e. The van der Waals surface area contributed by atoms with E-state index in [1.807, 2.05) is 19.1 Å². The Morgan fingerprint density at radius 2 is 1.93 bits per heavy atom. The lowest BCUT2D eigenvalue weighted by Crippen LogP contribution is -2.00. The molecule has 1 aromatic rings. The Labute approximate surface area is 82.6 Å². The van der Waals surface area contributed by atoms with Crippen molar-refractivity contribution < 1.29 is 14.6 Å². The highest BCUT2D eigenvalue weighted by Gasteiger charge is 2.09. The third-order valence-corrected chi connectivity index (χ3v) is 1.83. The third-order valence-electron chi connectivity index (χ3n) is 1.83. The molecule has 0 fully saturated rings. The summed E-state index contributed by atoms with van der Waals surface area (Å²) in [6.45, 7) is 1.95. The van der Waals surface area contributed by atoms with E-state index in [4.69, 9.17) is 9.84 Å². The first-order valence-corrected chi connectivity index (χ1v) is 4.18. The van der Waals surface area contributed by atoms with Gasteiger partial charge < -0.3 is 9.84 Å². The number of aliphatic carboxylic acids is 1. The van der Waals surface area contributed by atoms with Crippen LogP contribution in [0, 0.1) is 6.92 Å². The SMILES string of the molecule is CO/C=C(/C(=O)O)c1ccc(C)cc1. The lowest BCUT2D eigenvalue weighted by atomic mass is 10.1. The normalized spacial score (nSPS) is 11.1. The minimum Gasteiger partial charge on any atom is -0.503 e. The van der Waals surface area contributed by atoms with Gasteiger partial charge in [-0.25, -0.2) is 4.79 Å². The first-order chi connectivity index (χ1) is 6.65. The van der Waals surface area contributed by atoms with Crippen LogP contribution in [0.5, 0.6) is 0 Å². The lowest BCUT2D eigenvalue weighted by molar-refractivity contribution is -0.130. The van der Waals surface area contributed by atoms with E-state index in [2.05, 4.69) is 0 Å². The monoisotopic (exact) mass is 192 g/mol. The van der Waals surface area contributed by atoms with E-state index in [1.54, 1.807) is 12.1 Å². The molecule has 1 N–H and O–H groups in total. The van der Waals surface area contributed by atoms with Crippen LogP contribution in [-0.2, 0) is 9.53 Å². The molecular weight excluding hydrogens is 180 g/mol. The second-order valence-corrected chi connectivity index (χ2v) is 2.94. The van der Waals surface area contributed by atoms with Gasteiger partial charge >= 0.3 is 5.97 Å². The van der Waals surface area contributed by atoms with Gasteiger partial charge in [-0.2, -0.15) is 0 Å². The first-order valence-electron chi connectivity index (χ1n) is 4.18. The van der Waals surface area contributed by atoms with Gasteiger partial charge in [-0.15, -0.1) is 0 Å². The van der Waals surface area contributed by atoms with E-state index < -0.39 is 5.97 Å². The molecule has 0 aromatic heterocycles. The summed E-state index contributed by atoms with van der Waals surface area (Å²) >= 11 is 0. The average Bonchev–Trinajstić information content (AvgIpc) is 2.15. The van der Waals surface area contributed by atoms with E-state index >= 15 is 0 Å². The van der Waals surface area contributed by atoms with E-state index in [0.29, 0.717) is 5.56 Å². The molecule has 0 heterocycles. The zero-order valence-corrected chi connectivity index (χ0v) is 8.15. The molecule has 3 nitrogen and oxygen atoms in total. The molecule has 0 saturated heterocycles. The summed E-state index contributed by atoms with van der Waals surface area (Å²) < 4.78 is 4.71. The summed E-state index contributed by atoms with van der Waals surface area (Å²) in [5.41, 5.74) is 1.90. The maximum Gasteiger partial charge on any atom is 0.339 e. The molecule has 0 aliphatic heterocycles. The van der Waals surface area contributed by atoms with Crippen LogP contribution < -0.4 is 0 Å². The fraction of sp³-hybridized carbons (Fsp3) is 0.182. The van der Waals surface area contributed by atoms with Gasteiger partial charge in [0.1, 0.15) is 5.57 Å². The number of rotatable bonds is 3. The smallest absolute Gasteiger partial charge is 0.339 e. The minimum absolute atomic E-state index is 0.160. The first kappa shape index (κ1) is 10.3. The summed E-state index contributed by atoms with van der Waals surface area (Å²) in [6, 6.07) is 7.24. The van der Waals surface area contributed by atoms with Crippen molar-refractivity contribution in [1.29, 1.82) is 0 Å². The molecule has 3 heteroatoms. The maximum atomic E-state index is 10.8. The summed E-state index contributed by atoms with van der Waals surface area (Å²) in [5.74, 6) is -0.990. The van der Waals surface area contributed by atoms with Crippen molar-refractivity contribution in [3.63, 3.8) is 0 Å². The number of carboxylic acid groups (broad SMARTS) is 1. The van der Waals surface area contributed by atoms with Gasteiger partial charge in [0.05, 0.1) is 13.4 Å². The number of carboxylic acids is 1. The summed E-state index contributed by atoms with van der Waals surface area (Å²) in [6.07, 6.45) is 1.23. The van der Waals surface area contributed by atoms with Crippen molar-refractivity contribution in [1.82, 2.24) is 0 Å². The number of benzene rings is 1. The molecule has 0 saturated carbocycles. The lowest BCUT2D eigenvalue weighted by Gasteiger charge is -2.02. The zero-order valence-electron chi connectivity index (χ0n) is 8.15. The second kappa shape index (κ2) is 4.46. The van der Waals surface area contributed by atoms with Crippen molar-refractivity contribution in [3.05, 3.63) is 41.7 Å². The van der Waals surface area contributed by atoms with Gasteiger partial charge in [-0.05, 0) is 12.5 Å². The Balaban J connectivity index is 3.06. The standard InChI is InChI=1S/C11H12O3/c1-8-3-5-9(6-4-8)10(7-14-2)11(12)13/h3-7H,1-2H3,(H,12,13)/b10-7+. The van der Waals surface area contributed by atoms with Crippen LogP contribution in [-0.4, -0.2) is 18.2 Å². The Hall–Kier alpha value is -1.77. The number of carbonyl (C=O) groups is 1. The predicted octanol–water partition coefficient (Wildman–Crippen LogP) is 2.07. The fourth-order valence-corrected chi connectivity index (χ4v) is 1.09. The molecule has 0 spiro atoms. The molecule has 0 atom stereocenters. The third kappa shape index (κ3) is 2.36. The van der Waals surface area contributed by atoms with Gasteiger partial charge in [-0.1, -0.05) is 29.8 Å². The highest BCUT2D eigenvalue weighted by Crippen LogP contribution is 2.15. The van der Waals surface area contributed by atoms with Crippen molar-refractivity contribution in [3.8, 4) is 0 Å². The van der Waals surface area contributed by atoms with Crippen LogP contribution in [0.4, 0.5) is 0 Å². The molecule has 0 aliphatic rings. The molecule has 14 heavy (non-hydrogen) atoms. The van der Waals surface area contributed by atoms with Crippen LogP contribution >= 0.6 is 0 Å². The quantitative estimate of drug-likeness (QED) is 0.589. The van der Waals surface area contributed by atoms with Crippen molar-refractivity contribution in [2.75, 3.05) is 7.11 Å². The van der Waals surface area contributed by atoms with Crippen LogP contribution in [0.1, 0.15) is 11.1 Å². The molecule has 0 unspecified atom stereocenters. The fourth-order valence-electron chi connectivity index (χ4n) is 1.09. The van der Waals surface area contributed by atoms with Crippen molar-refractivity contribution in [2.24, 2.45) is 0 Å². The molecule has 0 amide bonds. The Bertz CT molecular complexity index is 349. The Morgan fingerprint density at radius 1 is 1.36 bits per heavy atom. The number of hydrogen-bond donors (Lipinski definition) is 1. The highest BCUT2D eigenvalue weighted by molar-refractivity contribution is 6.15. The molecule has 0 aliphatic carbocycles. The number of hydrogen-bond acceptors (Lipinski definition) is 2. The van der Waals surface area contributed by atoms with Gasteiger partial charge in [0.15, 0.2) is 0 Å². The number of ether oxygens (including phenoxy) is 1. The van der Waals surface area contributed by atoms with E-state index in [0.717, 1.165) is 5.56 Å². The summed E-state index contributed by atoms with van der Waals surface area (Å²) in [4.78, 5) is 10.8. The highest BCUT2D eigenvalue weighted by atomic mass is 16.5. The topological polar surface area (TPSA) is 46.5 Å². The Kier molecular flexibility index (Phi) is 3.29. The minimum atomic E-state index is -0.990. The Morgan fingerprint density at radius 3 is 2.36 bits per heavy atom. The zero-order chi connectivity index (χ0) is 10.6. The molecule has 1 aromatic carbocycles. The second-order valence-electron chi connectivity index (χ2n) is 2.94. The number of aryl methyl sites for hydroxylation is 1. The van der Waals surface area contributed by atoms with E-state index in [9.17, 15) is 4.79 Å². The van der Waals surface area contributed by atoms with Crippen molar-refractivity contribution >= 4 is 11.5 Å². The molecule has 0 bridgehead atoms. The van der Waals surface area contributed by atoms with Crippen LogP contribution in [0.15, 0.2) is 30.5 Å². The number of methoxy groups -OCH3 is 1. The van der Waals surface area contributed by atoms with Gasteiger partial charge in [-0.3, -0.25) is 0 Å².